The van der Waals surface area contributed by atoms with Gasteiger partial charge in [0.2, 0.25) is 0 Å². The van der Waals surface area contributed by atoms with Crippen LogP contribution >= 0.6 is 0 Å². The van der Waals surface area contributed by atoms with Gasteiger partial charge in [-0.1, -0.05) is 0 Å². The second-order valence-electron chi connectivity index (χ2n) is 5.70. The zero-order valence-corrected chi connectivity index (χ0v) is 20.0. The van der Waals surface area contributed by atoms with Gasteiger partial charge in [0.05, 0.1) is 0 Å². The number of hydrogen-bond donors (Lipinski definition) is 0. The summed E-state index contributed by atoms with van der Waals surface area (Å²) in [6.45, 7) is 9.78. The summed E-state index contributed by atoms with van der Waals surface area (Å²) in [6.07, 6.45) is 3.80. The zero-order valence-electron chi connectivity index (χ0n) is 12.1. The van der Waals surface area contributed by atoms with Crippen molar-refractivity contribution in [1.29, 1.82) is 0 Å². The van der Waals surface area contributed by atoms with Crippen molar-refractivity contribution in [3.8, 4) is 0 Å². The molecule has 104 valence electrons. The predicted octanol–water partition coefficient (Wildman–Crippen LogP) is -1.76. The molecule has 4 heteroatoms. The van der Waals surface area contributed by atoms with E-state index in [1.165, 1.54) is 12.0 Å². The van der Waals surface area contributed by atoms with Crippen LogP contribution in [-0.2, 0) is 22.4 Å². The summed E-state index contributed by atoms with van der Waals surface area (Å²) in [5.74, 6) is 0.460. The molecule has 2 rings (SSSR count). The SMILES string of the molecule is CC(C)CC1=Cc2ccccc2[CH]1[Zr+2][SiH](C)C.[I-].[I-]. The molecule has 1 aliphatic carbocycles. The Bertz CT molecular complexity index is 430. The van der Waals surface area contributed by atoms with E-state index >= 15 is 0 Å². The molecule has 1 unspecified atom stereocenters. The van der Waals surface area contributed by atoms with Gasteiger partial charge < -0.3 is 48.0 Å². The first-order valence-corrected chi connectivity index (χ1v) is 15.2. The normalized spacial score (nSPS) is 16.3. The van der Waals surface area contributed by atoms with Gasteiger partial charge in [-0.3, -0.25) is 0 Å². The Labute approximate surface area is 164 Å². The minimum Gasteiger partial charge on any atom is -1.00 e. The molecule has 0 amide bonds. The van der Waals surface area contributed by atoms with E-state index < -0.39 is 0 Å². The Morgan fingerprint density at radius 2 is 1.79 bits per heavy atom. The first-order chi connectivity index (χ1) is 8.08. The van der Waals surface area contributed by atoms with Gasteiger partial charge in [0.25, 0.3) is 0 Å². The molecule has 1 aliphatic rings. The Hall–Kier alpha value is 1.52. The molecule has 0 aliphatic heterocycles. The number of fused-ring (bicyclic) bond motifs is 1. The third-order valence-corrected chi connectivity index (χ3v) is 13.2. The van der Waals surface area contributed by atoms with E-state index in [4.69, 9.17) is 0 Å². The molecule has 0 fully saturated rings. The van der Waals surface area contributed by atoms with E-state index in [2.05, 4.69) is 57.3 Å². The number of allylic oxidation sites excluding steroid dienone is 1. The molecular formula is C15H22I2SiZr. The molecule has 0 aromatic heterocycles. The van der Waals surface area contributed by atoms with Gasteiger partial charge in [0.15, 0.2) is 0 Å². The number of hydrogen-bond acceptors (Lipinski definition) is 0. The van der Waals surface area contributed by atoms with Gasteiger partial charge in [-0.15, -0.1) is 0 Å². The van der Waals surface area contributed by atoms with Gasteiger partial charge in [0.1, 0.15) is 0 Å². The Balaban J connectivity index is 0.00000162. The van der Waals surface area contributed by atoms with E-state index in [0.29, 0.717) is 0 Å². The van der Waals surface area contributed by atoms with Crippen molar-refractivity contribution in [1.82, 2.24) is 0 Å². The second kappa shape index (κ2) is 9.52. The van der Waals surface area contributed by atoms with Crippen LogP contribution in [0.1, 0.15) is 35.0 Å². The first kappa shape index (κ1) is 20.5. The molecule has 0 N–H and O–H groups in total. The zero-order chi connectivity index (χ0) is 12.4. The van der Waals surface area contributed by atoms with Gasteiger partial charge in [-0.05, 0) is 0 Å². The molecule has 1 aromatic carbocycles. The maximum atomic E-state index is 2.54. The molecule has 0 spiro atoms. The summed E-state index contributed by atoms with van der Waals surface area (Å²) in [5.41, 5.74) is 4.94. The molecule has 1 atom stereocenters. The van der Waals surface area contributed by atoms with Gasteiger partial charge >= 0.3 is 118 Å². The molecule has 0 saturated heterocycles. The fourth-order valence-electron chi connectivity index (χ4n) is 2.57. The predicted molar refractivity (Wildman–Crippen MR) is 75.5 cm³/mol. The van der Waals surface area contributed by atoms with Crippen molar-refractivity contribution < 1.29 is 70.3 Å². The Morgan fingerprint density at radius 1 is 1.16 bits per heavy atom. The number of benzene rings is 1. The molecule has 0 radical (unpaired) electrons. The van der Waals surface area contributed by atoms with Crippen molar-refractivity contribution in [3.63, 3.8) is 0 Å². The smallest absolute Gasteiger partial charge is 1.00 e. The molecule has 0 nitrogen and oxygen atoms in total. The maximum absolute atomic E-state index is 2.54. The van der Waals surface area contributed by atoms with Crippen LogP contribution in [0.15, 0.2) is 29.8 Å². The number of halogens is 2. The topological polar surface area (TPSA) is 0 Å². The molecular weight excluding hydrogens is 553 g/mol. The van der Waals surface area contributed by atoms with Crippen molar-refractivity contribution in [2.75, 3.05) is 0 Å². The third-order valence-electron chi connectivity index (χ3n) is 3.16. The van der Waals surface area contributed by atoms with Crippen molar-refractivity contribution >= 4 is 12.0 Å². The first-order valence-electron chi connectivity index (χ1n) is 6.63. The summed E-state index contributed by atoms with van der Waals surface area (Å²) >= 11 is -0.204. The summed E-state index contributed by atoms with van der Waals surface area (Å²) in [4.78, 5) is 0. The van der Waals surface area contributed by atoms with Gasteiger partial charge in [-0.2, -0.15) is 0 Å². The average Bonchev–Trinajstić information content (AvgIpc) is 2.55. The minimum absolute atomic E-state index is 0. The molecule has 0 bridgehead atoms. The van der Waals surface area contributed by atoms with E-state index in [1.807, 2.05) is 0 Å². The van der Waals surface area contributed by atoms with Crippen molar-refractivity contribution in [2.45, 2.75) is 37.0 Å². The third kappa shape index (κ3) is 5.67. The van der Waals surface area contributed by atoms with E-state index in [-0.39, 0.29) is 76.3 Å². The van der Waals surface area contributed by atoms with E-state index in [0.717, 1.165) is 9.54 Å². The van der Waals surface area contributed by atoms with Crippen LogP contribution in [0.4, 0.5) is 0 Å². The number of rotatable bonds is 4. The Kier molecular flexibility index (Phi) is 10.3. The molecule has 1 aromatic rings. The monoisotopic (exact) mass is 574 g/mol. The van der Waals surface area contributed by atoms with Crippen LogP contribution < -0.4 is 48.0 Å². The largest absolute Gasteiger partial charge is 1.00 e. The Morgan fingerprint density at radius 3 is 2.37 bits per heavy atom. The summed E-state index contributed by atoms with van der Waals surface area (Å²) in [5, 5.41) is 0. The van der Waals surface area contributed by atoms with Gasteiger partial charge in [-0.25, -0.2) is 0 Å². The van der Waals surface area contributed by atoms with Crippen LogP contribution in [0.3, 0.4) is 0 Å². The van der Waals surface area contributed by atoms with Crippen LogP contribution in [0.5, 0.6) is 0 Å². The van der Waals surface area contributed by atoms with Crippen molar-refractivity contribution in [2.24, 2.45) is 5.92 Å². The van der Waals surface area contributed by atoms with E-state index in [1.54, 1.807) is 11.1 Å². The van der Waals surface area contributed by atoms with Crippen molar-refractivity contribution in [3.05, 3.63) is 41.0 Å². The van der Waals surface area contributed by atoms with Crippen LogP contribution in [0.25, 0.3) is 6.08 Å². The molecule has 0 saturated carbocycles. The fourth-order valence-corrected chi connectivity index (χ4v) is 12.6. The van der Waals surface area contributed by atoms with E-state index in [9.17, 15) is 0 Å². The van der Waals surface area contributed by atoms with Crippen LogP contribution in [0.2, 0.25) is 13.1 Å². The summed E-state index contributed by atoms with van der Waals surface area (Å²) in [7, 11) is 0. The second-order valence-corrected chi connectivity index (χ2v) is 20.7. The minimum atomic E-state index is -0.337. The summed E-state index contributed by atoms with van der Waals surface area (Å²) < 4.78 is 0.906. The quantitative estimate of drug-likeness (QED) is 0.295. The van der Waals surface area contributed by atoms with Crippen LogP contribution in [0, 0.1) is 5.92 Å². The maximum Gasteiger partial charge on any atom is -1.00 e. The summed E-state index contributed by atoms with van der Waals surface area (Å²) in [6, 6.07) is 9.08. The molecule has 19 heavy (non-hydrogen) atoms. The van der Waals surface area contributed by atoms with Crippen LogP contribution in [-0.4, -0.2) is 5.92 Å². The fraction of sp³-hybridized carbons (Fsp3) is 0.467. The average molecular weight is 575 g/mol. The standard InChI is InChI=1S/C13H15.C2H7Si.2HI.Zr/c1-10(2)7-11-8-12-5-3-4-6-13(12)9-11;1-3-2;;;/h3-6,8-10H,7H2,1-2H3;3H,1-2H3;2*1H;/q;;;;+2/p-2. The van der Waals surface area contributed by atoms with Gasteiger partial charge in [0, 0.05) is 0 Å². The molecule has 0 heterocycles.